The van der Waals surface area contributed by atoms with Crippen LogP contribution in [0.4, 0.5) is 0 Å². The summed E-state index contributed by atoms with van der Waals surface area (Å²) in [4.78, 5) is 0. The van der Waals surface area contributed by atoms with Gasteiger partial charge in [0.1, 0.15) is 6.07 Å². The van der Waals surface area contributed by atoms with Gasteiger partial charge in [0.15, 0.2) is 0 Å². The van der Waals surface area contributed by atoms with Crippen LogP contribution in [0, 0.1) is 22.7 Å². The first kappa shape index (κ1) is 30.7. The highest BCUT2D eigenvalue weighted by Gasteiger charge is 2.21. The maximum absolute atomic E-state index is 10.8. The zero-order valence-electron chi connectivity index (χ0n) is 29.5. The first-order valence-electron chi connectivity index (χ1n) is 18.3. The summed E-state index contributed by atoms with van der Waals surface area (Å²) in [6, 6.07) is 65.9. The Morgan fingerprint density at radius 2 is 0.873 bits per heavy atom. The second-order valence-electron chi connectivity index (χ2n) is 13.9. The molecule has 0 amide bonds. The lowest BCUT2D eigenvalue weighted by Gasteiger charge is -2.16. The summed E-state index contributed by atoms with van der Waals surface area (Å²) < 4.78 is 6.81. The van der Waals surface area contributed by atoms with Gasteiger partial charge in [-0.15, -0.1) is 0 Å². The fourth-order valence-electron chi connectivity index (χ4n) is 8.83. The molecule has 0 N–H and O–H groups in total. The molecule has 0 atom stereocenters. The molecule has 0 aliphatic heterocycles. The van der Waals surface area contributed by atoms with E-state index in [2.05, 4.69) is 159 Å². The number of nitriles is 2. The number of nitrogens with zero attached hydrogens (tertiary/aromatic N) is 5. The van der Waals surface area contributed by atoms with Crippen LogP contribution >= 0.6 is 0 Å². The Balaban J connectivity index is 1.10. The lowest BCUT2D eigenvalue weighted by molar-refractivity contribution is 1.16. The Labute approximate surface area is 316 Å². The van der Waals surface area contributed by atoms with Crippen LogP contribution in [0.2, 0.25) is 0 Å². The maximum atomic E-state index is 10.8. The van der Waals surface area contributed by atoms with Crippen molar-refractivity contribution in [3.05, 3.63) is 187 Å². The van der Waals surface area contributed by atoms with Crippen molar-refractivity contribution in [3.63, 3.8) is 0 Å². The van der Waals surface area contributed by atoms with E-state index in [4.69, 9.17) is 0 Å². The Bertz CT molecular complexity index is 3420. The summed E-state index contributed by atoms with van der Waals surface area (Å²) in [5.41, 5.74) is 12.5. The summed E-state index contributed by atoms with van der Waals surface area (Å²) in [5.74, 6) is 0. The van der Waals surface area contributed by atoms with E-state index in [1.165, 1.54) is 21.8 Å². The van der Waals surface area contributed by atoms with Crippen molar-refractivity contribution < 1.29 is 0 Å². The van der Waals surface area contributed by atoms with E-state index in [0.29, 0.717) is 11.1 Å². The molecule has 3 heterocycles. The molecule has 0 unspecified atom stereocenters. The van der Waals surface area contributed by atoms with Gasteiger partial charge in [-0.3, -0.25) is 0 Å². The predicted molar refractivity (Wildman–Crippen MR) is 224 cm³/mol. The third-order valence-corrected chi connectivity index (χ3v) is 11.1. The molecule has 0 saturated heterocycles. The monoisotopic (exact) mass is 699 g/mol. The van der Waals surface area contributed by atoms with Crippen molar-refractivity contribution in [2.45, 2.75) is 0 Å². The average molecular weight is 700 g/mol. The number of hydrogen-bond acceptors (Lipinski definition) is 2. The van der Waals surface area contributed by atoms with E-state index in [-0.39, 0.29) is 0 Å². The van der Waals surface area contributed by atoms with E-state index in [1.54, 1.807) is 0 Å². The van der Waals surface area contributed by atoms with Gasteiger partial charge in [0.2, 0.25) is 0 Å². The molecule has 5 heteroatoms. The molecule has 55 heavy (non-hydrogen) atoms. The Morgan fingerprint density at radius 1 is 0.345 bits per heavy atom. The summed E-state index contributed by atoms with van der Waals surface area (Å²) in [6.07, 6.45) is 0. The lowest BCUT2D eigenvalue weighted by Crippen LogP contribution is -2.00. The van der Waals surface area contributed by atoms with Crippen molar-refractivity contribution >= 4 is 65.4 Å². The first-order chi connectivity index (χ1) is 27.2. The summed E-state index contributed by atoms with van der Waals surface area (Å²) in [6.45, 7) is 0. The molecule has 5 nitrogen and oxygen atoms in total. The fraction of sp³-hybridized carbons (Fsp3) is 0. The molecule has 11 aromatic rings. The van der Waals surface area contributed by atoms with Crippen LogP contribution in [-0.2, 0) is 0 Å². The minimum Gasteiger partial charge on any atom is -0.309 e. The van der Waals surface area contributed by atoms with Crippen LogP contribution in [-0.4, -0.2) is 13.7 Å². The van der Waals surface area contributed by atoms with Crippen LogP contribution in [0.5, 0.6) is 0 Å². The molecule has 0 radical (unpaired) electrons. The molecule has 0 fully saturated rings. The highest BCUT2D eigenvalue weighted by molar-refractivity contribution is 6.13. The van der Waals surface area contributed by atoms with E-state index in [1.807, 2.05) is 42.5 Å². The van der Waals surface area contributed by atoms with Crippen molar-refractivity contribution in [1.29, 1.82) is 10.5 Å². The smallest absolute Gasteiger partial charge is 0.101 e. The van der Waals surface area contributed by atoms with Crippen LogP contribution < -0.4 is 0 Å². The molecular weight excluding hydrogens is 671 g/mol. The van der Waals surface area contributed by atoms with Crippen LogP contribution in [0.25, 0.3) is 93.6 Å². The van der Waals surface area contributed by atoms with Crippen molar-refractivity contribution in [2.75, 3.05) is 0 Å². The Kier molecular flexibility index (Phi) is 6.61. The maximum Gasteiger partial charge on any atom is 0.101 e. The third-order valence-electron chi connectivity index (χ3n) is 11.1. The first-order valence-corrected chi connectivity index (χ1v) is 18.3. The van der Waals surface area contributed by atoms with Crippen molar-refractivity contribution in [2.24, 2.45) is 0 Å². The molecule has 0 aliphatic rings. The van der Waals surface area contributed by atoms with Gasteiger partial charge in [0.25, 0.3) is 0 Å². The third kappa shape index (κ3) is 4.39. The summed E-state index contributed by atoms with van der Waals surface area (Å²) >= 11 is 0. The minimum absolute atomic E-state index is 0.579. The number of aromatic nitrogens is 3. The van der Waals surface area contributed by atoms with E-state index in [0.717, 1.165) is 71.8 Å². The van der Waals surface area contributed by atoms with E-state index >= 15 is 0 Å². The average Bonchev–Trinajstić information content (AvgIpc) is 3.89. The van der Waals surface area contributed by atoms with Crippen molar-refractivity contribution in [3.8, 4) is 40.3 Å². The van der Waals surface area contributed by atoms with Gasteiger partial charge in [0, 0.05) is 43.6 Å². The fourth-order valence-corrected chi connectivity index (χ4v) is 8.83. The second-order valence-corrected chi connectivity index (χ2v) is 13.9. The quantitative estimate of drug-likeness (QED) is 0.184. The molecule has 11 rings (SSSR count). The van der Waals surface area contributed by atoms with Gasteiger partial charge in [-0.2, -0.15) is 10.5 Å². The Hall–Kier alpha value is -7.86. The summed E-state index contributed by atoms with van der Waals surface area (Å²) in [5, 5.41) is 27.5. The van der Waals surface area contributed by atoms with E-state index < -0.39 is 0 Å². The van der Waals surface area contributed by atoms with Crippen LogP contribution in [0.3, 0.4) is 0 Å². The highest BCUT2D eigenvalue weighted by Crippen LogP contribution is 2.40. The molecular formula is C50H29N5. The zero-order valence-corrected chi connectivity index (χ0v) is 29.5. The Morgan fingerprint density at radius 3 is 1.56 bits per heavy atom. The molecule has 0 saturated carbocycles. The number of rotatable bonds is 4. The SMILES string of the molecule is N#Cc1cc(-c2ccccc2-n2c3ccccc3c3c(C#N)cccc32)ccc1-n1c2ccccc2c2cc(-n3c4ccccc4c4ccccc43)ccc21. The number of benzene rings is 8. The number of para-hydroxylation sites is 5. The molecule has 0 aliphatic carbocycles. The second kappa shape index (κ2) is 11.8. The predicted octanol–water partition coefficient (Wildman–Crippen LogP) is 12.4. The molecule has 3 aromatic heterocycles. The van der Waals surface area contributed by atoms with Crippen molar-refractivity contribution in [1.82, 2.24) is 13.7 Å². The van der Waals surface area contributed by atoms with Gasteiger partial charge in [-0.25, -0.2) is 0 Å². The van der Waals surface area contributed by atoms with Crippen LogP contribution in [0.15, 0.2) is 176 Å². The number of fused-ring (bicyclic) bond motifs is 9. The molecule has 254 valence electrons. The lowest BCUT2D eigenvalue weighted by atomic mass is 10.00. The zero-order chi connectivity index (χ0) is 36.6. The standard InChI is InChI=1S/C50H29N5/c51-30-33-12-11-23-49-50(33)40-17-5-10-22-47(40)55(49)43-18-6-1-13-36(43)32-24-26-42(34(28-32)31-52)54-46-21-9-4-16-39(46)41-29-35(25-27-48(41)54)53-44-19-7-2-14-37(44)38-15-3-8-20-45(38)53/h1-29H. The molecule has 8 aromatic carbocycles. The highest BCUT2D eigenvalue weighted by atomic mass is 15.0. The van der Waals surface area contributed by atoms with Gasteiger partial charge in [-0.1, -0.05) is 103 Å². The minimum atomic E-state index is 0.579. The largest absolute Gasteiger partial charge is 0.309 e. The normalized spacial score (nSPS) is 11.6. The van der Waals surface area contributed by atoms with Gasteiger partial charge in [0.05, 0.1) is 61.7 Å². The topological polar surface area (TPSA) is 62.4 Å². The molecule has 0 spiro atoms. The van der Waals surface area contributed by atoms with Gasteiger partial charge >= 0.3 is 0 Å². The van der Waals surface area contributed by atoms with Gasteiger partial charge in [-0.05, 0) is 78.4 Å². The van der Waals surface area contributed by atoms with Crippen LogP contribution in [0.1, 0.15) is 11.1 Å². The van der Waals surface area contributed by atoms with Gasteiger partial charge < -0.3 is 13.7 Å². The van der Waals surface area contributed by atoms with E-state index in [9.17, 15) is 10.5 Å². The number of hydrogen-bond donors (Lipinski definition) is 0. The summed E-state index contributed by atoms with van der Waals surface area (Å²) in [7, 11) is 0. The molecule has 0 bridgehead atoms.